The molecule has 0 saturated carbocycles. The molecule has 11 heteroatoms. The SMILES string of the molecule is CCOC(=O)[C@@H]1[C@@H]2CC[C@]3(O2)[C@H](C(=O)NCn2nnc4ccccc42)N([C@@H](CO)C(C)C)C(=O)[C@@H]13. The van der Waals surface area contributed by atoms with Gasteiger partial charge in [0.2, 0.25) is 11.8 Å². The summed E-state index contributed by atoms with van der Waals surface area (Å²) in [7, 11) is 0. The molecule has 1 spiro atoms. The minimum atomic E-state index is -1.14. The predicted molar refractivity (Wildman–Crippen MR) is 122 cm³/mol. The summed E-state index contributed by atoms with van der Waals surface area (Å²) in [5.41, 5.74) is 0.322. The van der Waals surface area contributed by atoms with Crippen LogP contribution in [0.5, 0.6) is 0 Å². The molecule has 1 aromatic carbocycles. The lowest BCUT2D eigenvalue weighted by molar-refractivity contribution is -0.155. The Balaban J connectivity index is 1.48. The number of fused-ring (bicyclic) bond motifs is 2. The van der Waals surface area contributed by atoms with E-state index in [1.807, 2.05) is 38.1 Å². The Morgan fingerprint density at radius 1 is 1.34 bits per heavy atom. The van der Waals surface area contributed by atoms with Crippen LogP contribution < -0.4 is 5.32 Å². The number of likely N-dealkylation sites (tertiary alicyclic amines) is 1. The number of aromatic nitrogens is 3. The fourth-order valence-electron chi connectivity index (χ4n) is 6.16. The second kappa shape index (κ2) is 8.87. The van der Waals surface area contributed by atoms with Crippen molar-refractivity contribution in [1.82, 2.24) is 25.2 Å². The van der Waals surface area contributed by atoms with Crippen LogP contribution in [0.1, 0.15) is 33.6 Å². The number of esters is 1. The van der Waals surface area contributed by atoms with E-state index in [1.54, 1.807) is 11.6 Å². The molecule has 2 N–H and O–H groups in total. The molecular weight excluding hydrogens is 454 g/mol. The van der Waals surface area contributed by atoms with Gasteiger partial charge in [0.1, 0.15) is 23.8 Å². The van der Waals surface area contributed by atoms with E-state index in [0.717, 1.165) is 5.52 Å². The van der Waals surface area contributed by atoms with Gasteiger partial charge in [0.25, 0.3) is 0 Å². The molecular formula is C24H31N5O6. The Morgan fingerprint density at radius 3 is 2.83 bits per heavy atom. The largest absolute Gasteiger partial charge is 0.466 e. The lowest BCUT2D eigenvalue weighted by Gasteiger charge is -2.38. The number of ether oxygens (including phenoxy) is 2. The third kappa shape index (κ3) is 3.51. The second-order valence-electron chi connectivity index (χ2n) is 9.82. The van der Waals surface area contributed by atoms with E-state index < -0.39 is 47.5 Å². The van der Waals surface area contributed by atoms with Crippen molar-refractivity contribution in [3.05, 3.63) is 24.3 Å². The van der Waals surface area contributed by atoms with Gasteiger partial charge in [-0.2, -0.15) is 0 Å². The first-order valence-electron chi connectivity index (χ1n) is 12.2. The Hall–Kier alpha value is -3.05. The van der Waals surface area contributed by atoms with Crippen molar-refractivity contribution in [3.8, 4) is 0 Å². The molecule has 5 rings (SSSR count). The fourth-order valence-corrected chi connectivity index (χ4v) is 6.16. The first-order valence-corrected chi connectivity index (χ1v) is 12.2. The van der Waals surface area contributed by atoms with Gasteiger partial charge >= 0.3 is 5.97 Å². The van der Waals surface area contributed by atoms with E-state index in [1.165, 1.54) is 4.90 Å². The highest BCUT2D eigenvalue weighted by molar-refractivity contribution is 5.98. The van der Waals surface area contributed by atoms with Crippen LogP contribution in [0.15, 0.2) is 24.3 Å². The van der Waals surface area contributed by atoms with Crippen molar-refractivity contribution < 1.29 is 29.0 Å². The number of amides is 2. The molecule has 0 aliphatic carbocycles. The van der Waals surface area contributed by atoms with Gasteiger partial charge in [-0.05, 0) is 37.8 Å². The molecule has 2 amide bonds. The van der Waals surface area contributed by atoms with Gasteiger partial charge in [-0.25, -0.2) is 4.68 Å². The normalized spacial score (nSPS) is 30.2. The van der Waals surface area contributed by atoms with Crippen LogP contribution in [0.4, 0.5) is 0 Å². The lowest BCUT2D eigenvalue weighted by atomic mass is 9.71. The van der Waals surface area contributed by atoms with Gasteiger partial charge in [-0.1, -0.05) is 31.2 Å². The maximum absolute atomic E-state index is 13.8. The van der Waals surface area contributed by atoms with Crippen LogP contribution in [0.2, 0.25) is 0 Å². The summed E-state index contributed by atoms with van der Waals surface area (Å²) in [6.07, 6.45) is 0.567. The number of carbonyl (C=O) groups is 3. The zero-order valence-electron chi connectivity index (χ0n) is 20.1. The zero-order chi connectivity index (χ0) is 24.9. The van der Waals surface area contributed by atoms with Gasteiger partial charge < -0.3 is 24.8 Å². The summed E-state index contributed by atoms with van der Waals surface area (Å²) >= 11 is 0. The highest BCUT2D eigenvalue weighted by Gasteiger charge is 2.75. The van der Waals surface area contributed by atoms with Gasteiger partial charge in [-0.3, -0.25) is 14.4 Å². The molecule has 4 heterocycles. The molecule has 3 fully saturated rings. The van der Waals surface area contributed by atoms with Crippen molar-refractivity contribution in [2.45, 2.75) is 64.1 Å². The minimum Gasteiger partial charge on any atom is -0.466 e. The Kier molecular flexibility index (Phi) is 6.00. The fraction of sp³-hybridized carbons (Fsp3) is 0.625. The summed E-state index contributed by atoms with van der Waals surface area (Å²) in [5.74, 6) is -2.93. The van der Waals surface area contributed by atoms with Gasteiger partial charge in [0.15, 0.2) is 0 Å². The number of hydrogen-bond acceptors (Lipinski definition) is 8. The molecule has 0 radical (unpaired) electrons. The number of benzene rings is 1. The molecule has 2 bridgehead atoms. The predicted octanol–water partition coefficient (Wildman–Crippen LogP) is 0.460. The van der Waals surface area contributed by atoms with Gasteiger partial charge in [0, 0.05) is 0 Å². The Morgan fingerprint density at radius 2 is 2.11 bits per heavy atom. The standard InChI is InChI=1S/C24H31N5O6/c1-4-34-23(33)18-17-9-10-24(35-17)19(18)22(32)29(16(11-30)13(2)3)20(24)21(31)25-12-28-15-8-6-5-7-14(15)26-27-28/h5-8,13,16-20,30H,4,9-12H2,1-3H3,(H,25,31)/t16-,17-,18+,19+,20-,24+/m0/s1. The third-order valence-electron chi connectivity index (χ3n) is 7.68. The highest BCUT2D eigenvalue weighted by atomic mass is 16.6. The van der Waals surface area contributed by atoms with Crippen LogP contribution in [-0.2, 0) is 30.5 Å². The number of aliphatic hydroxyl groups excluding tert-OH is 1. The van der Waals surface area contributed by atoms with E-state index in [2.05, 4.69) is 15.6 Å². The van der Waals surface area contributed by atoms with Crippen molar-refractivity contribution in [1.29, 1.82) is 0 Å². The molecule has 6 atom stereocenters. The lowest BCUT2D eigenvalue weighted by Crippen LogP contribution is -2.59. The summed E-state index contributed by atoms with van der Waals surface area (Å²) in [5, 5.41) is 21.3. The molecule has 11 nitrogen and oxygen atoms in total. The third-order valence-corrected chi connectivity index (χ3v) is 7.68. The van der Waals surface area contributed by atoms with E-state index in [-0.39, 0.29) is 31.7 Å². The molecule has 1 aromatic heterocycles. The molecule has 3 aliphatic heterocycles. The summed E-state index contributed by atoms with van der Waals surface area (Å²) in [6.45, 7) is 5.43. The molecule has 3 saturated heterocycles. The number of hydrogen-bond donors (Lipinski definition) is 2. The Bertz CT molecular complexity index is 1150. The van der Waals surface area contributed by atoms with E-state index in [9.17, 15) is 19.5 Å². The quantitative estimate of drug-likeness (QED) is 0.515. The minimum absolute atomic E-state index is 0.0504. The van der Waals surface area contributed by atoms with Crippen molar-refractivity contribution >= 4 is 28.8 Å². The maximum atomic E-state index is 13.8. The highest BCUT2D eigenvalue weighted by Crippen LogP contribution is 2.59. The number of nitrogens with zero attached hydrogens (tertiary/aromatic N) is 4. The van der Waals surface area contributed by atoms with Crippen LogP contribution in [0, 0.1) is 17.8 Å². The van der Waals surface area contributed by atoms with E-state index >= 15 is 0 Å². The average molecular weight is 486 g/mol. The Labute approximate surface area is 202 Å². The topological polar surface area (TPSA) is 136 Å². The van der Waals surface area contributed by atoms with Crippen LogP contribution in [-0.4, -0.2) is 79.8 Å². The molecule has 188 valence electrons. The smallest absolute Gasteiger partial charge is 0.312 e. The van der Waals surface area contributed by atoms with E-state index in [0.29, 0.717) is 18.4 Å². The number of nitrogens with one attached hydrogen (secondary N) is 1. The number of para-hydroxylation sites is 1. The molecule has 2 aromatic rings. The number of aliphatic hydroxyl groups is 1. The monoisotopic (exact) mass is 485 g/mol. The first kappa shape index (κ1) is 23.7. The summed E-state index contributed by atoms with van der Waals surface area (Å²) in [4.78, 5) is 41.9. The average Bonchev–Trinajstić information content (AvgIpc) is 3.58. The summed E-state index contributed by atoms with van der Waals surface area (Å²) < 4.78 is 13.2. The summed E-state index contributed by atoms with van der Waals surface area (Å²) in [6, 6.07) is 5.81. The van der Waals surface area contributed by atoms with Crippen molar-refractivity contribution in [3.63, 3.8) is 0 Å². The number of carbonyl (C=O) groups excluding carboxylic acids is 3. The zero-order valence-corrected chi connectivity index (χ0v) is 20.1. The second-order valence-corrected chi connectivity index (χ2v) is 9.82. The number of rotatable bonds is 8. The molecule has 3 aliphatic rings. The molecule has 35 heavy (non-hydrogen) atoms. The van der Waals surface area contributed by atoms with E-state index in [4.69, 9.17) is 9.47 Å². The van der Waals surface area contributed by atoms with Crippen LogP contribution in [0.25, 0.3) is 11.0 Å². The van der Waals surface area contributed by atoms with Crippen LogP contribution >= 0.6 is 0 Å². The van der Waals surface area contributed by atoms with Crippen molar-refractivity contribution in [2.75, 3.05) is 13.2 Å². The first-order chi connectivity index (χ1) is 16.8. The van der Waals surface area contributed by atoms with Gasteiger partial charge in [-0.15, -0.1) is 5.10 Å². The van der Waals surface area contributed by atoms with Crippen molar-refractivity contribution in [2.24, 2.45) is 17.8 Å². The van der Waals surface area contributed by atoms with Crippen LogP contribution in [0.3, 0.4) is 0 Å². The molecule has 0 unspecified atom stereocenters. The van der Waals surface area contributed by atoms with Gasteiger partial charge in [0.05, 0.1) is 42.7 Å². The maximum Gasteiger partial charge on any atom is 0.312 e.